The van der Waals surface area contributed by atoms with Crippen LogP contribution in [0.4, 0.5) is 5.69 Å². The monoisotopic (exact) mass is 349 g/mol. The molecule has 1 amide bonds. The van der Waals surface area contributed by atoms with Crippen LogP contribution >= 0.6 is 27.3 Å². The number of anilines is 1. The van der Waals surface area contributed by atoms with Crippen LogP contribution in [0.1, 0.15) is 38.4 Å². The second-order valence-corrected chi connectivity index (χ2v) is 6.99. The third-order valence-electron chi connectivity index (χ3n) is 3.31. The van der Waals surface area contributed by atoms with E-state index in [2.05, 4.69) is 21.2 Å². The van der Waals surface area contributed by atoms with Gasteiger partial charge in [-0.2, -0.15) is 0 Å². The van der Waals surface area contributed by atoms with Crippen LogP contribution in [0.5, 0.6) is 0 Å². The molecule has 1 aliphatic rings. The summed E-state index contributed by atoms with van der Waals surface area (Å²) in [7, 11) is 0. The van der Waals surface area contributed by atoms with Gasteiger partial charge in [-0.05, 0) is 46.5 Å². The fourth-order valence-electron chi connectivity index (χ4n) is 2.38. The summed E-state index contributed by atoms with van der Waals surface area (Å²) in [5.41, 5.74) is 2.26. The molecular weight excluding hydrogens is 338 g/mol. The highest BCUT2D eigenvalue weighted by molar-refractivity contribution is 9.11. The number of ketones is 1. The number of para-hydroxylation sites is 1. The summed E-state index contributed by atoms with van der Waals surface area (Å²) >= 11 is 4.79. The van der Waals surface area contributed by atoms with Gasteiger partial charge in [0.2, 0.25) is 0 Å². The van der Waals surface area contributed by atoms with Crippen LogP contribution in [0.3, 0.4) is 0 Å². The van der Waals surface area contributed by atoms with E-state index < -0.39 is 0 Å². The molecular formula is C15H12BrNO2S. The minimum Gasteiger partial charge on any atom is -0.322 e. The number of carbonyl (C=O) groups excluding carboxylic acids is 2. The van der Waals surface area contributed by atoms with E-state index in [4.69, 9.17) is 0 Å². The van der Waals surface area contributed by atoms with Gasteiger partial charge >= 0.3 is 0 Å². The maximum atomic E-state index is 12.4. The third-order valence-corrected chi connectivity index (χ3v) is 5.25. The lowest BCUT2D eigenvalue weighted by Gasteiger charge is -2.12. The SMILES string of the molecule is O=C1CCCc2c1sc(Br)c2C(=O)Nc1ccccc1. The average molecular weight is 350 g/mol. The van der Waals surface area contributed by atoms with Gasteiger partial charge in [0, 0.05) is 12.1 Å². The van der Waals surface area contributed by atoms with Gasteiger partial charge in [0.05, 0.1) is 14.2 Å². The summed E-state index contributed by atoms with van der Waals surface area (Å²) in [6.07, 6.45) is 2.20. The molecule has 0 atom stereocenters. The Morgan fingerprint density at radius 3 is 2.70 bits per heavy atom. The maximum Gasteiger partial charge on any atom is 0.257 e. The number of halogens is 1. The maximum absolute atomic E-state index is 12.4. The highest BCUT2D eigenvalue weighted by atomic mass is 79.9. The number of carbonyl (C=O) groups is 2. The molecule has 3 rings (SSSR count). The predicted molar refractivity (Wildman–Crippen MR) is 83.7 cm³/mol. The Hall–Kier alpha value is -1.46. The lowest BCUT2D eigenvalue weighted by Crippen LogP contribution is -2.16. The Labute approximate surface area is 129 Å². The first-order chi connectivity index (χ1) is 9.66. The number of hydrogen-bond donors (Lipinski definition) is 1. The molecule has 1 aromatic heterocycles. The summed E-state index contributed by atoms with van der Waals surface area (Å²) in [6.45, 7) is 0. The Kier molecular flexibility index (Phi) is 3.72. The van der Waals surface area contributed by atoms with Gasteiger partial charge in [0.25, 0.3) is 5.91 Å². The van der Waals surface area contributed by atoms with Crippen molar-refractivity contribution in [1.29, 1.82) is 0 Å². The quantitative estimate of drug-likeness (QED) is 0.879. The average Bonchev–Trinajstić information content (AvgIpc) is 2.78. The Morgan fingerprint density at radius 2 is 1.95 bits per heavy atom. The molecule has 20 heavy (non-hydrogen) atoms. The van der Waals surface area contributed by atoms with Gasteiger partial charge in [-0.15, -0.1) is 11.3 Å². The van der Waals surface area contributed by atoms with Crippen molar-refractivity contribution >= 4 is 44.6 Å². The van der Waals surface area contributed by atoms with Crippen molar-refractivity contribution in [3.63, 3.8) is 0 Å². The minimum absolute atomic E-state index is 0.149. The Morgan fingerprint density at radius 1 is 1.20 bits per heavy atom. The molecule has 0 saturated heterocycles. The van der Waals surface area contributed by atoms with Gasteiger partial charge in [-0.25, -0.2) is 0 Å². The molecule has 1 aromatic carbocycles. The molecule has 0 fully saturated rings. The lowest BCUT2D eigenvalue weighted by atomic mass is 9.95. The van der Waals surface area contributed by atoms with Gasteiger partial charge in [-0.3, -0.25) is 9.59 Å². The van der Waals surface area contributed by atoms with E-state index in [0.717, 1.165) is 32.8 Å². The second-order valence-electron chi connectivity index (χ2n) is 4.66. The van der Waals surface area contributed by atoms with Crippen LogP contribution in [0.15, 0.2) is 34.1 Å². The van der Waals surface area contributed by atoms with Crippen LogP contribution in [0, 0.1) is 0 Å². The van der Waals surface area contributed by atoms with E-state index in [0.29, 0.717) is 12.0 Å². The molecule has 0 bridgehead atoms. The molecule has 0 saturated carbocycles. The summed E-state index contributed by atoms with van der Waals surface area (Å²) in [5, 5.41) is 2.88. The lowest BCUT2D eigenvalue weighted by molar-refractivity contribution is 0.0977. The summed E-state index contributed by atoms with van der Waals surface area (Å²) in [6, 6.07) is 9.33. The second kappa shape index (κ2) is 5.50. The van der Waals surface area contributed by atoms with Crippen molar-refractivity contribution in [2.24, 2.45) is 0 Å². The third kappa shape index (κ3) is 2.43. The van der Waals surface area contributed by atoms with Gasteiger partial charge in [0.15, 0.2) is 5.78 Å². The van der Waals surface area contributed by atoms with Crippen LogP contribution in [0.2, 0.25) is 0 Å². The standard InChI is InChI=1S/C15H12BrNO2S/c16-14-12(10-7-4-8-11(18)13(10)20-14)15(19)17-9-5-2-1-3-6-9/h1-3,5-6H,4,7-8H2,(H,17,19). The fraction of sp³-hybridized carbons (Fsp3) is 0.200. The largest absolute Gasteiger partial charge is 0.322 e. The number of thiophene rings is 1. The van der Waals surface area contributed by atoms with Crippen LogP contribution in [0.25, 0.3) is 0 Å². The molecule has 1 aliphatic carbocycles. The molecule has 0 aliphatic heterocycles. The van der Waals surface area contributed by atoms with Crippen LogP contribution < -0.4 is 5.32 Å². The molecule has 0 radical (unpaired) electrons. The molecule has 2 aromatic rings. The molecule has 0 spiro atoms. The van der Waals surface area contributed by atoms with Crippen molar-refractivity contribution in [2.75, 3.05) is 5.32 Å². The van der Waals surface area contributed by atoms with Crippen molar-refractivity contribution in [3.8, 4) is 0 Å². The smallest absolute Gasteiger partial charge is 0.257 e. The highest BCUT2D eigenvalue weighted by Gasteiger charge is 2.28. The normalized spacial score (nSPS) is 13.9. The van der Waals surface area contributed by atoms with Gasteiger partial charge < -0.3 is 5.32 Å². The van der Waals surface area contributed by atoms with Crippen LogP contribution in [-0.4, -0.2) is 11.7 Å². The van der Waals surface area contributed by atoms with Crippen molar-refractivity contribution < 1.29 is 9.59 Å². The highest BCUT2D eigenvalue weighted by Crippen LogP contribution is 2.38. The zero-order valence-electron chi connectivity index (χ0n) is 10.6. The number of nitrogens with one attached hydrogen (secondary N) is 1. The molecule has 1 N–H and O–H groups in total. The summed E-state index contributed by atoms with van der Waals surface area (Å²) < 4.78 is 0.742. The molecule has 3 nitrogen and oxygen atoms in total. The Balaban J connectivity index is 1.94. The van der Waals surface area contributed by atoms with E-state index in [1.807, 2.05) is 30.3 Å². The van der Waals surface area contributed by atoms with Gasteiger partial charge in [0.1, 0.15) is 0 Å². The van der Waals surface area contributed by atoms with E-state index >= 15 is 0 Å². The first kappa shape index (κ1) is 13.5. The van der Waals surface area contributed by atoms with Crippen LogP contribution in [-0.2, 0) is 6.42 Å². The number of amides is 1. The summed E-state index contributed by atoms with van der Waals surface area (Å²) in [5.74, 6) is -0.00835. The number of rotatable bonds is 2. The molecule has 0 unspecified atom stereocenters. The first-order valence-corrected chi connectivity index (χ1v) is 7.98. The first-order valence-electron chi connectivity index (χ1n) is 6.37. The zero-order chi connectivity index (χ0) is 14.1. The number of benzene rings is 1. The van der Waals surface area contributed by atoms with E-state index in [1.165, 1.54) is 11.3 Å². The van der Waals surface area contributed by atoms with Crippen molar-refractivity contribution in [1.82, 2.24) is 0 Å². The van der Waals surface area contributed by atoms with Crippen molar-refractivity contribution in [2.45, 2.75) is 19.3 Å². The zero-order valence-corrected chi connectivity index (χ0v) is 13.0. The Bertz CT molecular complexity index is 679. The van der Waals surface area contributed by atoms with Crippen molar-refractivity contribution in [3.05, 3.63) is 50.1 Å². The number of hydrogen-bond acceptors (Lipinski definition) is 3. The number of fused-ring (bicyclic) bond motifs is 1. The fourth-order valence-corrected chi connectivity index (χ4v) is 4.32. The molecule has 5 heteroatoms. The molecule has 1 heterocycles. The number of Topliss-reactive ketones (excluding diaryl/α,β-unsaturated/α-hetero) is 1. The molecule has 102 valence electrons. The minimum atomic E-state index is -0.157. The van der Waals surface area contributed by atoms with E-state index in [-0.39, 0.29) is 11.7 Å². The summed E-state index contributed by atoms with van der Waals surface area (Å²) in [4.78, 5) is 25.1. The van der Waals surface area contributed by atoms with E-state index in [1.54, 1.807) is 0 Å². The van der Waals surface area contributed by atoms with E-state index in [9.17, 15) is 9.59 Å². The topological polar surface area (TPSA) is 46.2 Å². The predicted octanol–water partition coefficient (Wildman–Crippen LogP) is 4.28. The van der Waals surface area contributed by atoms with Gasteiger partial charge in [-0.1, -0.05) is 18.2 Å².